The number of carbonyl (C=O) groups excluding carboxylic acids is 1. The Morgan fingerprint density at radius 3 is 2.95 bits per heavy atom. The van der Waals surface area contributed by atoms with Crippen molar-refractivity contribution in [1.29, 1.82) is 0 Å². The van der Waals surface area contributed by atoms with Gasteiger partial charge in [0, 0.05) is 19.5 Å². The number of aryl methyl sites for hydroxylation is 1. The summed E-state index contributed by atoms with van der Waals surface area (Å²) in [5.41, 5.74) is 0.617. The fourth-order valence-electron chi connectivity index (χ4n) is 2.83. The number of nitrogens with one attached hydrogen (secondary N) is 1. The normalized spacial score (nSPS) is 23.2. The molecule has 1 amide bonds. The lowest BCUT2D eigenvalue weighted by Gasteiger charge is -2.38. The van der Waals surface area contributed by atoms with Crippen LogP contribution < -0.4 is 5.32 Å². The van der Waals surface area contributed by atoms with Crippen LogP contribution in [0.5, 0.6) is 0 Å². The van der Waals surface area contributed by atoms with Gasteiger partial charge in [0.1, 0.15) is 4.34 Å². The minimum Gasteiger partial charge on any atom is -0.355 e. The van der Waals surface area contributed by atoms with Crippen LogP contribution in [-0.2, 0) is 11.2 Å². The third-order valence-electron chi connectivity index (χ3n) is 4.18. The molecule has 21 heavy (non-hydrogen) atoms. The average molecular weight is 330 g/mol. The number of halogens is 1. The maximum atomic E-state index is 12.5. The highest BCUT2D eigenvalue weighted by Gasteiger charge is 2.37. The summed E-state index contributed by atoms with van der Waals surface area (Å²) in [6.45, 7) is 9.74. The molecule has 1 aromatic heterocycles. The Hall–Kier alpha value is -0.650. The summed E-state index contributed by atoms with van der Waals surface area (Å²) in [4.78, 5) is 19.2. The first kappa shape index (κ1) is 16.7. The molecule has 0 radical (unpaired) electrons. The smallest absolute Gasteiger partial charge is 0.227 e. The van der Waals surface area contributed by atoms with Gasteiger partial charge in [-0.25, -0.2) is 4.98 Å². The number of aromatic nitrogens is 1. The van der Waals surface area contributed by atoms with Crippen LogP contribution >= 0.6 is 22.9 Å². The summed E-state index contributed by atoms with van der Waals surface area (Å²) in [5.74, 6) is 0.167. The molecule has 4 nitrogen and oxygen atoms in total. The van der Waals surface area contributed by atoms with Gasteiger partial charge in [-0.1, -0.05) is 18.5 Å². The van der Waals surface area contributed by atoms with Crippen molar-refractivity contribution in [1.82, 2.24) is 15.2 Å². The Bertz CT molecular complexity index is 486. The van der Waals surface area contributed by atoms with Crippen LogP contribution in [0.3, 0.4) is 0 Å². The van der Waals surface area contributed by atoms with Crippen LogP contribution in [0.15, 0.2) is 0 Å². The van der Waals surface area contributed by atoms with E-state index in [2.05, 4.69) is 29.0 Å². The highest BCUT2D eigenvalue weighted by molar-refractivity contribution is 7.16. The fraction of sp³-hybridized carbons (Fsp3) is 0.733. The van der Waals surface area contributed by atoms with Crippen LogP contribution in [0.4, 0.5) is 0 Å². The standard InChI is InChI=1S/C15H24ClN3OS/c1-4-19-9-5-7-15(3,10-19)14(20)17-8-6-12-18-11(2)13(16)21-12/h4-10H2,1-3H3,(H,17,20)/t15-/m0/s1. The van der Waals surface area contributed by atoms with E-state index in [9.17, 15) is 4.79 Å². The summed E-state index contributed by atoms with van der Waals surface area (Å²) >= 11 is 7.51. The molecular weight excluding hydrogens is 306 g/mol. The number of thiazole rings is 1. The maximum absolute atomic E-state index is 12.5. The molecule has 0 bridgehead atoms. The van der Waals surface area contributed by atoms with E-state index in [0.717, 1.165) is 53.9 Å². The first-order valence-electron chi connectivity index (χ1n) is 7.57. The number of piperidine rings is 1. The zero-order valence-corrected chi connectivity index (χ0v) is 14.6. The van der Waals surface area contributed by atoms with Gasteiger partial charge in [-0.3, -0.25) is 4.79 Å². The number of likely N-dealkylation sites (tertiary alicyclic amines) is 1. The molecule has 0 aromatic carbocycles. The second kappa shape index (κ2) is 7.07. The summed E-state index contributed by atoms with van der Waals surface area (Å²) in [5, 5.41) is 4.06. The molecule has 1 fully saturated rings. The van der Waals surface area contributed by atoms with Crippen LogP contribution in [-0.4, -0.2) is 42.0 Å². The van der Waals surface area contributed by atoms with E-state index < -0.39 is 0 Å². The second-order valence-corrected chi connectivity index (χ2v) is 7.69. The van der Waals surface area contributed by atoms with Crippen LogP contribution in [0.2, 0.25) is 4.34 Å². The summed E-state index contributed by atoms with van der Waals surface area (Å²) in [6, 6.07) is 0. The van der Waals surface area contributed by atoms with Gasteiger partial charge in [0.15, 0.2) is 0 Å². The number of amides is 1. The van der Waals surface area contributed by atoms with E-state index in [1.165, 1.54) is 11.3 Å². The minimum absolute atomic E-state index is 0.167. The van der Waals surface area contributed by atoms with E-state index in [-0.39, 0.29) is 11.3 Å². The summed E-state index contributed by atoms with van der Waals surface area (Å²) in [6.07, 6.45) is 2.81. The SMILES string of the molecule is CCN1CCC[C@](C)(C(=O)NCCc2nc(C)c(Cl)s2)C1. The average Bonchev–Trinajstić information content (AvgIpc) is 2.77. The van der Waals surface area contributed by atoms with Crippen molar-refractivity contribution in [2.24, 2.45) is 5.41 Å². The summed E-state index contributed by atoms with van der Waals surface area (Å²) in [7, 11) is 0. The lowest BCUT2D eigenvalue weighted by Crippen LogP contribution is -2.50. The molecule has 1 atom stereocenters. The lowest BCUT2D eigenvalue weighted by atomic mass is 9.81. The molecule has 2 rings (SSSR count). The Balaban J connectivity index is 1.83. The van der Waals surface area contributed by atoms with Crippen molar-refractivity contribution in [3.8, 4) is 0 Å². The molecule has 118 valence electrons. The number of rotatable bonds is 5. The van der Waals surface area contributed by atoms with Crippen molar-refractivity contribution >= 4 is 28.8 Å². The number of hydrogen-bond acceptors (Lipinski definition) is 4. The van der Waals surface area contributed by atoms with Gasteiger partial charge in [-0.15, -0.1) is 11.3 Å². The number of hydrogen-bond donors (Lipinski definition) is 1. The zero-order valence-electron chi connectivity index (χ0n) is 13.0. The molecule has 2 heterocycles. The van der Waals surface area contributed by atoms with Gasteiger partial charge >= 0.3 is 0 Å². The van der Waals surface area contributed by atoms with Crippen molar-refractivity contribution in [3.63, 3.8) is 0 Å². The first-order valence-corrected chi connectivity index (χ1v) is 8.76. The molecule has 1 N–H and O–H groups in total. The third-order valence-corrected chi connectivity index (χ3v) is 5.69. The molecule has 1 saturated heterocycles. The van der Waals surface area contributed by atoms with Crippen molar-refractivity contribution in [3.05, 3.63) is 15.0 Å². The highest BCUT2D eigenvalue weighted by atomic mass is 35.5. The van der Waals surface area contributed by atoms with Gasteiger partial charge in [-0.2, -0.15) is 0 Å². The second-order valence-electron chi connectivity index (χ2n) is 6.01. The Labute approximate surface area is 135 Å². The van der Waals surface area contributed by atoms with Crippen molar-refractivity contribution < 1.29 is 4.79 Å². The van der Waals surface area contributed by atoms with E-state index in [1.54, 1.807) is 0 Å². The number of carbonyl (C=O) groups is 1. The molecular formula is C15H24ClN3OS. The molecule has 0 unspecified atom stereocenters. The molecule has 1 aromatic rings. The first-order chi connectivity index (χ1) is 9.94. The predicted octanol–water partition coefficient (Wildman–Crippen LogP) is 2.89. The molecule has 1 aliphatic heterocycles. The molecule has 0 aliphatic carbocycles. The Kier molecular flexibility index (Phi) is 5.63. The monoisotopic (exact) mass is 329 g/mol. The Morgan fingerprint density at radius 2 is 2.33 bits per heavy atom. The maximum Gasteiger partial charge on any atom is 0.227 e. The van der Waals surface area contributed by atoms with Crippen LogP contribution in [0, 0.1) is 12.3 Å². The molecule has 1 aliphatic rings. The van der Waals surface area contributed by atoms with Gasteiger partial charge in [0.05, 0.1) is 16.1 Å². The predicted molar refractivity (Wildman–Crippen MR) is 88.0 cm³/mol. The van der Waals surface area contributed by atoms with Crippen LogP contribution in [0.25, 0.3) is 0 Å². The van der Waals surface area contributed by atoms with Gasteiger partial charge in [-0.05, 0) is 39.8 Å². The Morgan fingerprint density at radius 1 is 1.57 bits per heavy atom. The van der Waals surface area contributed by atoms with E-state index in [4.69, 9.17) is 11.6 Å². The van der Waals surface area contributed by atoms with E-state index >= 15 is 0 Å². The van der Waals surface area contributed by atoms with Gasteiger partial charge in [0.25, 0.3) is 0 Å². The van der Waals surface area contributed by atoms with Crippen molar-refractivity contribution in [2.75, 3.05) is 26.2 Å². The quantitative estimate of drug-likeness (QED) is 0.903. The van der Waals surface area contributed by atoms with Crippen LogP contribution in [0.1, 0.15) is 37.4 Å². The van der Waals surface area contributed by atoms with Gasteiger partial charge < -0.3 is 10.2 Å². The van der Waals surface area contributed by atoms with Crippen molar-refractivity contribution in [2.45, 2.75) is 40.0 Å². The topological polar surface area (TPSA) is 45.2 Å². The van der Waals surface area contributed by atoms with E-state index in [0.29, 0.717) is 6.54 Å². The molecule has 0 spiro atoms. The van der Waals surface area contributed by atoms with Gasteiger partial charge in [0.2, 0.25) is 5.91 Å². The fourth-order valence-corrected chi connectivity index (χ4v) is 3.93. The lowest BCUT2D eigenvalue weighted by molar-refractivity contribution is -0.133. The molecule has 0 saturated carbocycles. The zero-order chi connectivity index (χ0) is 15.5. The summed E-state index contributed by atoms with van der Waals surface area (Å²) < 4.78 is 0.745. The minimum atomic E-state index is -0.259. The third kappa shape index (κ3) is 4.18. The van der Waals surface area contributed by atoms with E-state index in [1.807, 2.05) is 6.92 Å². The molecule has 6 heteroatoms. The number of nitrogens with zero attached hydrogens (tertiary/aromatic N) is 2. The highest BCUT2D eigenvalue weighted by Crippen LogP contribution is 2.29. The largest absolute Gasteiger partial charge is 0.355 e.